The molecule has 2 amide bonds. The number of halogens is 2. The Hall–Kier alpha value is -2.63. The molecular weight excluding hydrogens is 373 g/mol. The van der Waals surface area contributed by atoms with Crippen LogP contribution in [0, 0.1) is 6.92 Å². The number of aromatic nitrogens is 1. The number of carbonyl (C=O) groups is 2. The van der Waals surface area contributed by atoms with E-state index >= 15 is 0 Å². The standard InChI is InChI=1S/C19H15Cl2N3O2/c1-10-6-12(20)8-13(18(25)22-2)17(10)24-19(26)16-7-11-4-3-5-15(21)14(11)9-23-16/h3-9H,1-2H3,(H,22,25)(H,24,26). The van der Waals surface area contributed by atoms with Crippen molar-refractivity contribution in [3.05, 3.63) is 69.5 Å². The Morgan fingerprint density at radius 1 is 1.08 bits per heavy atom. The first kappa shape index (κ1) is 18.2. The normalized spacial score (nSPS) is 10.6. The van der Waals surface area contributed by atoms with E-state index in [4.69, 9.17) is 23.2 Å². The monoisotopic (exact) mass is 387 g/mol. The minimum atomic E-state index is -0.428. The third-order valence-corrected chi connectivity index (χ3v) is 4.50. The highest BCUT2D eigenvalue weighted by Gasteiger charge is 2.18. The first-order valence-corrected chi connectivity index (χ1v) is 8.54. The minimum Gasteiger partial charge on any atom is -0.355 e. The topological polar surface area (TPSA) is 71.1 Å². The summed E-state index contributed by atoms with van der Waals surface area (Å²) >= 11 is 12.2. The van der Waals surface area contributed by atoms with E-state index in [-0.39, 0.29) is 17.2 Å². The van der Waals surface area contributed by atoms with E-state index in [9.17, 15) is 9.59 Å². The van der Waals surface area contributed by atoms with Gasteiger partial charge in [-0.2, -0.15) is 0 Å². The zero-order chi connectivity index (χ0) is 18.8. The van der Waals surface area contributed by atoms with E-state index in [2.05, 4.69) is 15.6 Å². The molecule has 0 saturated carbocycles. The first-order chi connectivity index (χ1) is 12.4. The number of nitrogens with one attached hydrogen (secondary N) is 2. The van der Waals surface area contributed by atoms with Gasteiger partial charge in [0, 0.05) is 28.7 Å². The third-order valence-electron chi connectivity index (χ3n) is 3.95. The molecule has 0 fully saturated rings. The van der Waals surface area contributed by atoms with Crippen LogP contribution in [-0.4, -0.2) is 23.8 Å². The van der Waals surface area contributed by atoms with Gasteiger partial charge in [-0.3, -0.25) is 14.6 Å². The molecule has 3 aromatic rings. The molecule has 5 nitrogen and oxygen atoms in total. The minimum absolute atomic E-state index is 0.219. The summed E-state index contributed by atoms with van der Waals surface area (Å²) in [5, 5.41) is 7.85. The van der Waals surface area contributed by atoms with Gasteiger partial charge in [0.1, 0.15) is 5.69 Å². The Morgan fingerprint density at radius 2 is 1.85 bits per heavy atom. The number of amides is 2. The Bertz CT molecular complexity index is 1030. The van der Waals surface area contributed by atoms with Gasteiger partial charge in [0.05, 0.1) is 11.3 Å². The summed E-state index contributed by atoms with van der Waals surface area (Å²) in [6, 6.07) is 10.3. The van der Waals surface area contributed by atoms with Crippen LogP contribution in [0.3, 0.4) is 0 Å². The molecule has 26 heavy (non-hydrogen) atoms. The lowest BCUT2D eigenvalue weighted by Crippen LogP contribution is -2.22. The second-order valence-corrected chi connectivity index (χ2v) is 6.55. The maximum atomic E-state index is 12.7. The summed E-state index contributed by atoms with van der Waals surface area (Å²) in [5.74, 6) is -0.772. The number of benzene rings is 2. The van der Waals surface area contributed by atoms with Crippen LogP contribution in [0.2, 0.25) is 10.0 Å². The average molecular weight is 388 g/mol. The second kappa shape index (κ2) is 7.32. The lowest BCUT2D eigenvalue weighted by molar-refractivity contribution is 0.0964. The number of carbonyl (C=O) groups excluding carboxylic acids is 2. The highest BCUT2D eigenvalue weighted by molar-refractivity contribution is 6.35. The molecule has 0 saturated heterocycles. The molecule has 2 N–H and O–H groups in total. The Labute approximate surface area is 160 Å². The summed E-state index contributed by atoms with van der Waals surface area (Å²) < 4.78 is 0. The molecular formula is C19H15Cl2N3O2. The molecule has 0 bridgehead atoms. The van der Waals surface area contributed by atoms with E-state index in [0.717, 1.165) is 10.8 Å². The van der Waals surface area contributed by atoms with Crippen molar-refractivity contribution in [2.24, 2.45) is 0 Å². The van der Waals surface area contributed by atoms with Crippen molar-refractivity contribution in [1.82, 2.24) is 10.3 Å². The number of pyridine rings is 1. The molecule has 0 spiro atoms. The number of hydrogen-bond acceptors (Lipinski definition) is 3. The molecule has 0 radical (unpaired) electrons. The molecule has 132 valence electrons. The number of aryl methyl sites for hydroxylation is 1. The molecule has 0 aliphatic carbocycles. The number of nitrogens with zero attached hydrogens (tertiary/aromatic N) is 1. The van der Waals surface area contributed by atoms with E-state index in [1.807, 2.05) is 6.07 Å². The zero-order valence-electron chi connectivity index (χ0n) is 14.1. The van der Waals surface area contributed by atoms with Gasteiger partial charge in [0.2, 0.25) is 0 Å². The number of anilines is 1. The molecule has 0 aliphatic rings. The van der Waals surface area contributed by atoms with Crippen molar-refractivity contribution >= 4 is 51.5 Å². The summed E-state index contributed by atoms with van der Waals surface area (Å²) in [5.41, 5.74) is 1.58. The predicted octanol–water partition coefficient (Wildman–Crippen LogP) is 4.46. The van der Waals surface area contributed by atoms with Crippen LogP contribution in [0.5, 0.6) is 0 Å². The second-order valence-electron chi connectivity index (χ2n) is 5.71. The van der Waals surface area contributed by atoms with Gasteiger partial charge in [-0.25, -0.2) is 0 Å². The third kappa shape index (κ3) is 3.49. The van der Waals surface area contributed by atoms with Crippen LogP contribution >= 0.6 is 23.2 Å². The molecule has 1 aromatic heterocycles. The van der Waals surface area contributed by atoms with Crippen LogP contribution in [0.25, 0.3) is 10.8 Å². The largest absolute Gasteiger partial charge is 0.355 e. The molecule has 7 heteroatoms. The lowest BCUT2D eigenvalue weighted by Gasteiger charge is -2.14. The van der Waals surface area contributed by atoms with Crippen molar-refractivity contribution in [3.8, 4) is 0 Å². The van der Waals surface area contributed by atoms with Crippen LogP contribution in [0.15, 0.2) is 42.6 Å². The SMILES string of the molecule is CNC(=O)c1cc(Cl)cc(C)c1NC(=O)c1cc2cccc(Cl)c2cn1. The fourth-order valence-electron chi connectivity index (χ4n) is 2.66. The molecule has 3 rings (SSSR count). The number of fused-ring (bicyclic) bond motifs is 1. The van der Waals surface area contributed by atoms with Crippen molar-refractivity contribution in [2.45, 2.75) is 6.92 Å². The van der Waals surface area contributed by atoms with Gasteiger partial charge >= 0.3 is 0 Å². The van der Waals surface area contributed by atoms with Gasteiger partial charge in [-0.1, -0.05) is 35.3 Å². The van der Waals surface area contributed by atoms with Crippen molar-refractivity contribution in [2.75, 3.05) is 12.4 Å². The van der Waals surface area contributed by atoms with Gasteiger partial charge < -0.3 is 10.6 Å². The van der Waals surface area contributed by atoms with E-state index < -0.39 is 5.91 Å². The average Bonchev–Trinajstić information content (AvgIpc) is 2.62. The fourth-order valence-corrected chi connectivity index (χ4v) is 3.16. The Morgan fingerprint density at radius 3 is 2.58 bits per heavy atom. The zero-order valence-corrected chi connectivity index (χ0v) is 15.6. The summed E-state index contributed by atoms with van der Waals surface area (Å²) in [4.78, 5) is 29.0. The van der Waals surface area contributed by atoms with Crippen molar-refractivity contribution in [1.29, 1.82) is 0 Å². The van der Waals surface area contributed by atoms with Gasteiger partial charge in [0.25, 0.3) is 11.8 Å². The van der Waals surface area contributed by atoms with E-state index in [1.54, 1.807) is 37.4 Å². The van der Waals surface area contributed by atoms with E-state index in [1.165, 1.54) is 13.1 Å². The number of rotatable bonds is 3. The Kier molecular flexibility index (Phi) is 5.11. The summed E-state index contributed by atoms with van der Waals surface area (Å²) in [6.07, 6.45) is 1.56. The summed E-state index contributed by atoms with van der Waals surface area (Å²) in [7, 11) is 1.51. The lowest BCUT2D eigenvalue weighted by atomic mass is 10.1. The van der Waals surface area contributed by atoms with Crippen molar-refractivity contribution < 1.29 is 9.59 Å². The van der Waals surface area contributed by atoms with Gasteiger partial charge in [-0.15, -0.1) is 0 Å². The van der Waals surface area contributed by atoms with Crippen LogP contribution < -0.4 is 10.6 Å². The Balaban J connectivity index is 1.99. The maximum absolute atomic E-state index is 12.7. The van der Waals surface area contributed by atoms with Gasteiger partial charge in [-0.05, 0) is 42.1 Å². The van der Waals surface area contributed by atoms with Gasteiger partial charge in [0.15, 0.2) is 0 Å². The van der Waals surface area contributed by atoms with Crippen molar-refractivity contribution in [3.63, 3.8) is 0 Å². The fraction of sp³-hybridized carbons (Fsp3) is 0.105. The van der Waals surface area contributed by atoms with Crippen LogP contribution in [-0.2, 0) is 0 Å². The molecule has 1 heterocycles. The summed E-state index contributed by atoms with van der Waals surface area (Å²) in [6.45, 7) is 1.77. The quantitative estimate of drug-likeness (QED) is 0.696. The highest BCUT2D eigenvalue weighted by atomic mass is 35.5. The first-order valence-electron chi connectivity index (χ1n) is 7.78. The smallest absolute Gasteiger partial charge is 0.274 e. The predicted molar refractivity (Wildman–Crippen MR) is 104 cm³/mol. The molecule has 0 aliphatic heterocycles. The van der Waals surface area contributed by atoms with Crippen LogP contribution in [0.4, 0.5) is 5.69 Å². The molecule has 0 unspecified atom stereocenters. The maximum Gasteiger partial charge on any atom is 0.274 e. The molecule has 2 aromatic carbocycles. The van der Waals surface area contributed by atoms with Crippen LogP contribution in [0.1, 0.15) is 26.4 Å². The highest BCUT2D eigenvalue weighted by Crippen LogP contribution is 2.27. The number of hydrogen-bond donors (Lipinski definition) is 2. The molecule has 0 atom stereocenters. The van der Waals surface area contributed by atoms with E-state index in [0.29, 0.717) is 21.3 Å².